The number of hydrogen-bond donors (Lipinski definition) is 2. The maximum atomic E-state index is 11.9. The first kappa shape index (κ1) is 21.8. The molecule has 1 aliphatic rings. The second-order valence-corrected chi connectivity index (χ2v) is 6.71. The molecule has 2 N–H and O–H groups in total. The Morgan fingerprint density at radius 1 is 1.12 bits per heavy atom. The number of allylic oxidation sites excluding steroid dienone is 1. The number of amides is 1. The SMILES string of the molecule is CC(C)(C)OO.COc1ccc(C(=O)/C=C/C(=O)N2CCNCC2)cc1. The molecule has 1 saturated heterocycles. The number of carbonyl (C=O) groups excluding carboxylic acids is 2. The first-order valence-electron chi connectivity index (χ1n) is 8.45. The number of carbonyl (C=O) groups is 2. The van der Waals surface area contributed by atoms with Gasteiger partial charge in [0, 0.05) is 37.8 Å². The highest BCUT2D eigenvalue weighted by molar-refractivity contribution is 6.07. The first-order valence-corrected chi connectivity index (χ1v) is 8.45. The van der Waals surface area contributed by atoms with E-state index in [1.54, 1.807) is 57.0 Å². The van der Waals surface area contributed by atoms with Crippen LogP contribution in [-0.4, -0.2) is 60.7 Å². The van der Waals surface area contributed by atoms with E-state index >= 15 is 0 Å². The fraction of sp³-hybridized carbons (Fsp3) is 0.474. The average molecular weight is 364 g/mol. The number of ether oxygens (including phenoxy) is 1. The van der Waals surface area contributed by atoms with E-state index < -0.39 is 5.60 Å². The molecule has 0 bridgehead atoms. The lowest BCUT2D eigenvalue weighted by molar-refractivity contribution is -0.306. The molecule has 7 nitrogen and oxygen atoms in total. The van der Waals surface area contributed by atoms with Crippen LogP contribution in [0.15, 0.2) is 36.4 Å². The molecule has 0 aliphatic carbocycles. The highest BCUT2D eigenvalue weighted by Gasteiger charge is 2.13. The summed E-state index contributed by atoms with van der Waals surface area (Å²) >= 11 is 0. The van der Waals surface area contributed by atoms with Gasteiger partial charge in [0.2, 0.25) is 5.91 Å². The molecule has 1 fully saturated rings. The summed E-state index contributed by atoms with van der Waals surface area (Å²) in [5.41, 5.74) is 0.134. The normalized spacial score (nSPS) is 14.6. The van der Waals surface area contributed by atoms with Gasteiger partial charge in [-0.2, -0.15) is 0 Å². The van der Waals surface area contributed by atoms with Gasteiger partial charge in [-0.15, -0.1) is 0 Å². The van der Waals surface area contributed by atoms with Crippen LogP contribution in [0.1, 0.15) is 31.1 Å². The second-order valence-electron chi connectivity index (χ2n) is 6.71. The van der Waals surface area contributed by atoms with E-state index in [9.17, 15) is 9.59 Å². The zero-order chi connectivity index (χ0) is 19.6. The van der Waals surface area contributed by atoms with E-state index in [4.69, 9.17) is 9.99 Å². The lowest BCUT2D eigenvalue weighted by Crippen LogP contribution is -2.45. The Bertz CT molecular complexity index is 599. The predicted molar refractivity (Wildman–Crippen MR) is 99.4 cm³/mol. The van der Waals surface area contributed by atoms with Crippen LogP contribution in [0.2, 0.25) is 0 Å². The van der Waals surface area contributed by atoms with Crippen LogP contribution in [0, 0.1) is 0 Å². The van der Waals surface area contributed by atoms with Crippen molar-refractivity contribution in [3.8, 4) is 5.75 Å². The molecule has 1 heterocycles. The minimum Gasteiger partial charge on any atom is -0.497 e. The van der Waals surface area contributed by atoms with Gasteiger partial charge >= 0.3 is 0 Å². The maximum Gasteiger partial charge on any atom is 0.246 e. The van der Waals surface area contributed by atoms with Gasteiger partial charge < -0.3 is 15.0 Å². The summed E-state index contributed by atoms with van der Waals surface area (Å²) in [4.78, 5) is 29.5. The molecular formula is C19H28N2O5. The zero-order valence-corrected chi connectivity index (χ0v) is 15.8. The van der Waals surface area contributed by atoms with Crippen LogP contribution >= 0.6 is 0 Å². The van der Waals surface area contributed by atoms with Gasteiger partial charge in [-0.3, -0.25) is 14.8 Å². The molecule has 0 saturated carbocycles. The Hall–Kier alpha value is -2.22. The molecule has 1 amide bonds. The third kappa shape index (κ3) is 8.24. The summed E-state index contributed by atoms with van der Waals surface area (Å²) in [5.74, 6) is 0.395. The van der Waals surface area contributed by atoms with Gasteiger partial charge in [0.05, 0.1) is 12.7 Å². The van der Waals surface area contributed by atoms with Crippen molar-refractivity contribution in [2.75, 3.05) is 33.3 Å². The molecule has 2 rings (SSSR count). The van der Waals surface area contributed by atoms with Crippen LogP contribution < -0.4 is 10.1 Å². The second kappa shape index (κ2) is 10.7. The molecule has 144 valence electrons. The molecule has 7 heteroatoms. The van der Waals surface area contributed by atoms with Crippen molar-refractivity contribution >= 4 is 11.7 Å². The van der Waals surface area contributed by atoms with Gasteiger partial charge in [-0.25, -0.2) is 4.89 Å². The number of hydrogen-bond acceptors (Lipinski definition) is 6. The van der Waals surface area contributed by atoms with Gasteiger partial charge in [-0.1, -0.05) is 0 Å². The summed E-state index contributed by atoms with van der Waals surface area (Å²) in [6.07, 6.45) is 2.67. The molecule has 0 aromatic heterocycles. The number of piperazine rings is 1. The van der Waals surface area contributed by atoms with Crippen molar-refractivity contribution in [1.29, 1.82) is 0 Å². The van der Waals surface area contributed by atoms with Crippen molar-refractivity contribution < 1.29 is 24.5 Å². The van der Waals surface area contributed by atoms with Gasteiger partial charge in [-0.05, 0) is 51.1 Å². The summed E-state index contributed by atoms with van der Waals surface area (Å²) < 4.78 is 5.03. The van der Waals surface area contributed by atoms with Crippen LogP contribution in [0.5, 0.6) is 5.75 Å². The van der Waals surface area contributed by atoms with E-state index in [-0.39, 0.29) is 11.7 Å². The Morgan fingerprint density at radius 3 is 2.12 bits per heavy atom. The largest absolute Gasteiger partial charge is 0.497 e. The predicted octanol–water partition coefficient (Wildman–Crippen LogP) is 2.14. The summed E-state index contributed by atoms with van der Waals surface area (Å²) in [6.45, 7) is 8.27. The smallest absolute Gasteiger partial charge is 0.246 e. The number of nitrogens with one attached hydrogen (secondary N) is 1. The monoisotopic (exact) mass is 364 g/mol. The molecule has 1 aliphatic heterocycles. The van der Waals surface area contributed by atoms with E-state index in [2.05, 4.69) is 10.2 Å². The van der Waals surface area contributed by atoms with Crippen LogP contribution in [0.3, 0.4) is 0 Å². The number of methoxy groups -OCH3 is 1. The standard InChI is InChI=1S/C15H18N2O3.C4H10O2/c1-20-13-4-2-12(3-5-13)14(18)6-7-15(19)17-10-8-16-9-11-17;1-4(2,3)6-5/h2-7,16H,8-11H2,1H3;5H,1-3H3/b7-6+;. The van der Waals surface area contributed by atoms with E-state index in [1.807, 2.05) is 0 Å². The Kier molecular flexibility index (Phi) is 8.98. The van der Waals surface area contributed by atoms with E-state index in [0.29, 0.717) is 24.4 Å². The maximum absolute atomic E-state index is 11.9. The lowest BCUT2D eigenvalue weighted by atomic mass is 10.1. The van der Waals surface area contributed by atoms with Crippen LogP contribution in [0.25, 0.3) is 0 Å². The fourth-order valence-corrected chi connectivity index (χ4v) is 1.99. The highest BCUT2D eigenvalue weighted by atomic mass is 17.1. The molecular weight excluding hydrogens is 336 g/mol. The van der Waals surface area contributed by atoms with Crippen LogP contribution in [0.4, 0.5) is 0 Å². The Morgan fingerprint density at radius 2 is 1.65 bits per heavy atom. The van der Waals surface area contributed by atoms with Crippen molar-refractivity contribution in [3.05, 3.63) is 42.0 Å². The summed E-state index contributed by atoms with van der Waals surface area (Å²) in [7, 11) is 1.57. The Labute approximate surface area is 154 Å². The molecule has 1 aromatic rings. The Balaban J connectivity index is 0.000000487. The van der Waals surface area contributed by atoms with Crippen LogP contribution in [-0.2, 0) is 9.68 Å². The zero-order valence-electron chi connectivity index (χ0n) is 15.8. The molecule has 1 aromatic carbocycles. The number of benzene rings is 1. The van der Waals surface area contributed by atoms with E-state index in [1.165, 1.54) is 12.2 Å². The number of ketones is 1. The minimum absolute atomic E-state index is 0.117. The average Bonchev–Trinajstić information content (AvgIpc) is 2.66. The van der Waals surface area contributed by atoms with Crippen molar-refractivity contribution in [2.24, 2.45) is 0 Å². The van der Waals surface area contributed by atoms with Crippen molar-refractivity contribution in [3.63, 3.8) is 0 Å². The highest BCUT2D eigenvalue weighted by Crippen LogP contribution is 2.12. The summed E-state index contributed by atoms with van der Waals surface area (Å²) in [6, 6.07) is 6.81. The number of nitrogens with zero attached hydrogens (tertiary/aromatic N) is 1. The molecule has 0 atom stereocenters. The van der Waals surface area contributed by atoms with E-state index in [0.717, 1.165) is 13.1 Å². The van der Waals surface area contributed by atoms with Gasteiger partial charge in [0.25, 0.3) is 0 Å². The minimum atomic E-state index is -0.403. The summed E-state index contributed by atoms with van der Waals surface area (Å²) in [5, 5.41) is 11.1. The quantitative estimate of drug-likeness (QED) is 0.368. The molecule has 0 unspecified atom stereocenters. The third-order valence-electron chi connectivity index (χ3n) is 3.45. The molecule has 26 heavy (non-hydrogen) atoms. The van der Waals surface area contributed by atoms with Crippen molar-refractivity contribution in [1.82, 2.24) is 10.2 Å². The number of rotatable bonds is 4. The topological polar surface area (TPSA) is 88.1 Å². The van der Waals surface area contributed by atoms with Crippen molar-refractivity contribution in [2.45, 2.75) is 26.4 Å². The van der Waals surface area contributed by atoms with Gasteiger partial charge in [0.1, 0.15) is 5.75 Å². The third-order valence-corrected chi connectivity index (χ3v) is 3.45. The molecule has 0 spiro atoms. The van der Waals surface area contributed by atoms with Gasteiger partial charge in [0.15, 0.2) is 5.78 Å². The molecule has 0 radical (unpaired) electrons. The fourth-order valence-electron chi connectivity index (χ4n) is 1.99. The lowest BCUT2D eigenvalue weighted by Gasteiger charge is -2.26. The first-order chi connectivity index (χ1) is 12.3.